The van der Waals surface area contributed by atoms with Gasteiger partial charge in [0.1, 0.15) is 0 Å². The number of carboxylic acids is 1. The standard InChI is InChI=1S/C16H24N2O3/c1-10(2)14(11(3)4)9-17-16(21)18-13-7-5-12(6-8-13)15(19)20/h5-8,10-11,14H,9H2,1-4H3,(H,19,20)(H2,17,18,21). The van der Waals surface area contributed by atoms with Crippen LogP contribution in [0.2, 0.25) is 0 Å². The van der Waals surface area contributed by atoms with Crippen LogP contribution in [0.15, 0.2) is 24.3 Å². The number of anilines is 1. The lowest BCUT2D eigenvalue weighted by atomic mass is 9.85. The van der Waals surface area contributed by atoms with Crippen molar-refractivity contribution in [2.75, 3.05) is 11.9 Å². The van der Waals surface area contributed by atoms with Crippen molar-refractivity contribution in [3.05, 3.63) is 29.8 Å². The molecule has 5 nitrogen and oxygen atoms in total. The molecule has 5 heteroatoms. The Hall–Kier alpha value is -2.04. The second kappa shape index (κ2) is 7.67. The molecule has 0 aliphatic rings. The second-order valence-electron chi connectivity index (χ2n) is 5.87. The summed E-state index contributed by atoms with van der Waals surface area (Å²) < 4.78 is 0. The molecule has 1 aromatic rings. The van der Waals surface area contributed by atoms with E-state index in [0.717, 1.165) is 0 Å². The van der Waals surface area contributed by atoms with E-state index in [1.165, 1.54) is 12.1 Å². The van der Waals surface area contributed by atoms with Crippen LogP contribution in [0.25, 0.3) is 0 Å². The molecule has 1 rings (SSSR count). The largest absolute Gasteiger partial charge is 0.478 e. The minimum atomic E-state index is -0.984. The molecule has 0 aliphatic heterocycles. The molecule has 0 saturated heterocycles. The first-order chi connectivity index (χ1) is 9.81. The van der Waals surface area contributed by atoms with E-state index in [9.17, 15) is 9.59 Å². The normalized spacial score (nSPS) is 11.0. The predicted molar refractivity (Wildman–Crippen MR) is 83.6 cm³/mol. The maximum Gasteiger partial charge on any atom is 0.335 e. The first kappa shape index (κ1) is 17.0. The number of nitrogens with one attached hydrogen (secondary N) is 2. The number of carbonyl (C=O) groups excluding carboxylic acids is 1. The van der Waals surface area contributed by atoms with E-state index in [1.807, 2.05) is 0 Å². The number of carbonyl (C=O) groups is 2. The zero-order valence-electron chi connectivity index (χ0n) is 13.0. The Morgan fingerprint density at radius 1 is 1.05 bits per heavy atom. The minimum absolute atomic E-state index is 0.195. The fourth-order valence-corrected chi connectivity index (χ4v) is 2.32. The van der Waals surface area contributed by atoms with Crippen LogP contribution in [-0.4, -0.2) is 23.7 Å². The molecule has 0 atom stereocenters. The quantitative estimate of drug-likeness (QED) is 0.751. The molecule has 2 amide bonds. The van der Waals surface area contributed by atoms with Crippen LogP contribution < -0.4 is 10.6 Å². The van der Waals surface area contributed by atoms with Gasteiger partial charge in [-0.05, 0) is 42.0 Å². The molecular weight excluding hydrogens is 268 g/mol. The molecule has 0 bridgehead atoms. The van der Waals surface area contributed by atoms with Crippen LogP contribution in [0.1, 0.15) is 38.1 Å². The highest BCUT2D eigenvalue weighted by Gasteiger charge is 2.18. The van der Waals surface area contributed by atoms with E-state index >= 15 is 0 Å². The van der Waals surface area contributed by atoms with Crippen molar-refractivity contribution in [1.29, 1.82) is 0 Å². The molecule has 3 N–H and O–H groups in total. The van der Waals surface area contributed by atoms with E-state index in [2.05, 4.69) is 38.3 Å². The maximum atomic E-state index is 11.8. The van der Waals surface area contributed by atoms with Gasteiger partial charge in [-0.25, -0.2) is 9.59 Å². The van der Waals surface area contributed by atoms with Crippen molar-refractivity contribution in [2.24, 2.45) is 17.8 Å². The Bertz CT molecular complexity index is 473. The van der Waals surface area contributed by atoms with Gasteiger partial charge in [-0.15, -0.1) is 0 Å². The maximum absolute atomic E-state index is 11.8. The summed E-state index contributed by atoms with van der Waals surface area (Å²) in [6, 6.07) is 5.80. The zero-order chi connectivity index (χ0) is 16.0. The molecule has 0 radical (unpaired) electrons. The molecule has 0 unspecified atom stereocenters. The number of urea groups is 1. The summed E-state index contributed by atoms with van der Waals surface area (Å²) in [5.41, 5.74) is 0.767. The summed E-state index contributed by atoms with van der Waals surface area (Å²) in [4.78, 5) is 22.6. The number of aromatic carboxylic acids is 1. The van der Waals surface area contributed by atoms with Crippen molar-refractivity contribution in [1.82, 2.24) is 5.32 Å². The van der Waals surface area contributed by atoms with Crippen LogP contribution in [0, 0.1) is 17.8 Å². The average molecular weight is 292 g/mol. The van der Waals surface area contributed by atoms with Crippen molar-refractivity contribution in [3.63, 3.8) is 0 Å². The summed E-state index contributed by atoms with van der Waals surface area (Å²) >= 11 is 0. The molecule has 0 aliphatic carbocycles. The molecule has 116 valence electrons. The molecule has 0 heterocycles. The predicted octanol–water partition coefficient (Wildman–Crippen LogP) is 3.43. The number of rotatable bonds is 6. The summed E-state index contributed by atoms with van der Waals surface area (Å²) in [5.74, 6) is 0.438. The fourth-order valence-electron chi connectivity index (χ4n) is 2.32. The van der Waals surface area contributed by atoms with Gasteiger partial charge in [0.05, 0.1) is 5.56 Å². The second-order valence-corrected chi connectivity index (χ2v) is 5.87. The highest BCUT2D eigenvalue weighted by molar-refractivity contribution is 5.91. The first-order valence-electron chi connectivity index (χ1n) is 7.19. The monoisotopic (exact) mass is 292 g/mol. The molecule has 0 fully saturated rings. The zero-order valence-corrected chi connectivity index (χ0v) is 13.0. The van der Waals surface area contributed by atoms with Gasteiger partial charge in [0, 0.05) is 12.2 Å². The molecule has 0 spiro atoms. The SMILES string of the molecule is CC(C)C(CNC(=O)Nc1ccc(C(=O)O)cc1)C(C)C. The smallest absolute Gasteiger partial charge is 0.335 e. The molecule has 0 aromatic heterocycles. The fraction of sp³-hybridized carbons (Fsp3) is 0.500. The number of amides is 2. The third kappa shape index (κ3) is 5.45. The van der Waals surface area contributed by atoms with Crippen LogP contribution >= 0.6 is 0 Å². The van der Waals surface area contributed by atoms with Crippen LogP contribution in [-0.2, 0) is 0 Å². The summed E-state index contributed by atoms with van der Waals surface area (Å²) in [6.45, 7) is 9.21. The van der Waals surface area contributed by atoms with Crippen LogP contribution in [0.3, 0.4) is 0 Å². The van der Waals surface area contributed by atoms with Crippen LogP contribution in [0.5, 0.6) is 0 Å². The van der Waals surface area contributed by atoms with Gasteiger partial charge in [-0.3, -0.25) is 0 Å². The third-order valence-corrected chi connectivity index (χ3v) is 3.60. The number of hydrogen-bond donors (Lipinski definition) is 3. The lowest BCUT2D eigenvalue weighted by Gasteiger charge is -2.25. The van der Waals surface area contributed by atoms with Gasteiger partial charge in [-0.1, -0.05) is 27.7 Å². The Kier molecular flexibility index (Phi) is 6.21. The first-order valence-corrected chi connectivity index (χ1v) is 7.19. The highest BCUT2D eigenvalue weighted by Crippen LogP contribution is 2.19. The lowest BCUT2D eigenvalue weighted by molar-refractivity contribution is 0.0697. The molecule has 1 aromatic carbocycles. The summed E-state index contributed by atoms with van der Waals surface area (Å²) in [5, 5.41) is 14.4. The number of benzene rings is 1. The van der Waals surface area contributed by atoms with Gasteiger partial charge in [0.2, 0.25) is 0 Å². The van der Waals surface area contributed by atoms with Gasteiger partial charge in [0.15, 0.2) is 0 Å². The summed E-state index contributed by atoms with van der Waals surface area (Å²) in [6.07, 6.45) is 0. The molecule has 21 heavy (non-hydrogen) atoms. The summed E-state index contributed by atoms with van der Waals surface area (Å²) in [7, 11) is 0. The Morgan fingerprint density at radius 2 is 1.57 bits per heavy atom. The number of hydrogen-bond acceptors (Lipinski definition) is 2. The average Bonchev–Trinajstić information content (AvgIpc) is 2.38. The van der Waals surface area contributed by atoms with Gasteiger partial charge in [0.25, 0.3) is 0 Å². The van der Waals surface area contributed by atoms with Gasteiger partial charge in [-0.2, -0.15) is 0 Å². The van der Waals surface area contributed by atoms with Crippen molar-refractivity contribution < 1.29 is 14.7 Å². The highest BCUT2D eigenvalue weighted by atomic mass is 16.4. The van der Waals surface area contributed by atoms with Gasteiger partial charge >= 0.3 is 12.0 Å². The van der Waals surface area contributed by atoms with E-state index in [1.54, 1.807) is 12.1 Å². The molecule has 0 saturated carbocycles. The van der Waals surface area contributed by atoms with E-state index in [-0.39, 0.29) is 11.6 Å². The minimum Gasteiger partial charge on any atom is -0.478 e. The number of carboxylic acid groups (broad SMARTS) is 1. The Balaban J connectivity index is 2.51. The Labute approximate surface area is 125 Å². The molecular formula is C16H24N2O3. The van der Waals surface area contributed by atoms with Crippen molar-refractivity contribution in [3.8, 4) is 0 Å². The van der Waals surface area contributed by atoms with Crippen molar-refractivity contribution in [2.45, 2.75) is 27.7 Å². The topological polar surface area (TPSA) is 78.4 Å². The van der Waals surface area contributed by atoms with Crippen LogP contribution in [0.4, 0.5) is 10.5 Å². The van der Waals surface area contributed by atoms with E-state index in [4.69, 9.17) is 5.11 Å². The third-order valence-electron chi connectivity index (χ3n) is 3.60. The van der Waals surface area contributed by atoms with Gasteiger partial charge < -0.3 is 15.7 Å². The lowest BCUT2D eigenvalue weighted by Crippen LogP contribution is -2.36. The van der Waals surface area contributed by atoms with Crippen molar-refractivity contribution >= 4 is 17.7 Å². The Morgan fingerprint density at radius 3 is 2.00 bits per heavy atom. The van der Waals surface area contributed by atoms with E-state index < -0.39 is 5.97 Å². The van der Waals surface area contributed by atoms with E-state index in [0.29, 0.717) is 30.0 Å².